The highest BCUT2D eigenvalue weighted by atomic mass is 16.4. The summed E-state index contributed by atoms with van der Waals surface area (Å²) >= 11 is 0. The third kappa shape index (κ3) is 5.32. The highest BCUT2D eigenvalue weighted by Crippen LogP contribution is 2.32. The van der Waals surface area contributed by atoms with Crippen molar-refractivity contribution in [2.45, 2.75) is 32.6 Å². The number of carbonyl (C=O) groups is 1. The fourth-order valence-corrected chi connectivity index (χ4v) is 3.77. The number of hydrogen-bond donors (Lipinski definition) is 2. The SMILES string of the molecule is CCCNC(=O)c1ccc(C(C/C(=N\O)c2ccc(=O)n(C)c2)c2ccccc2C)cc1. The summed E-state index contributed by atoms with van der Waals surface area (Å²) in [4.78, 5) is 24.1. The van der Waals surface area contributed by atoms with E-state index in [1.165, 1.54) is 10.6 Å². The van der Waals surface area contributed by atoms with Crippen LogP contribution in [0.3, 0.4) is 0 Å². The van der Waals surface area contributed by atoms with Crippen LogP contribution < -0.4 is 10.9 Å². The van der Waals surface area contributed by atoms with Crippen LogP contribution in [0.5, 0.6) is 0 Å². The summed E-state index contributed by atoms with van der Waals surface area (Å²) in [5, 5.41) is 16.3. The molecule has 0 fully saturated rings. The Morgan fingerprint density at radius 3 is 2.38 bits per heavy atom. The third-order valence-corrected chi connectivity index (χ3v) is 5.61. The fourth-order valence-electron chi connectivity index (χ4n) is 3.77. The lowest BCUT2D eigenvalue weighted by Gasteiger charge is -2.21. The lowest BCUT2D eigenvalue weighted by atomic mass is 9.83. The number of pyridine rings is 1. The molecule has 6 nitrogen and oxygen atoms in total. The number of aromatic nitrogens is 1. The Bertz CT molecular complexity index is 1160. The molecule has 0 saturated heterocycles. The molecule has 0 aliphatic heterocycles. The van der Waals surface area contributed by atoms with E-state index in [0.717, 1.165) is 23.1 Å². The van der Waals surface area contributed by atoms with Gasteiger partial charge in [-0.1, -0.05) is 48.5 Å². The summed E-state index contributed by atoms with van der Waals surface area (Å²) in [7, 11) is 1.67. The minimum atomic E-state index is -0.126. The van der Waals surface area contributed by atoms with Crippen LogP contribution in [0, 0.1) is 6.92 Å². The van der Waals surface area contributed by atoms with Gasteiger partial charge in [0, 0.05) is 49.3 Å². The van der Waals surface area contributed by atoms with Crippen LogP contribution in [-0.4, -0.2) is 27.9 Å². The van der Waals surface area contributed by atoms with E-state index >= 15 is 0 Å². The van der Waals surface area contributed by atoms with E-state index < -0.39 is 0 Å². The summed E-state index contributed by atoms with van der Waals surface area (Å²) < 4.78 is 1.47. The average Bonchev–Trinajstić information content (AvgIpc) is 2.81. The van der Waals surface area contributed by atoms with Gasteiger partial charge in [0.15, 0.2) is 0 Å². The average molecular weight is 432 g/mol. The molecule has 2 aromatic carbocycles. The van der Waals surface area contributed by atoms with E-state index in [2.05, 4.69) is 29.5 Å². The smallest absolute Gasteiger partial charge is 0.251 e. The summed E-state index contributed by atoms with van der Waals surface area (Å²) in [5.74, 6) is -0.180. The van der Waals surface area contributed by atoms with Gasteiger partial charge in [-0.3, -0.25) is 9.59 Å². The van der Waals surface area contributed by atoms with Gasteiger partial charge in [0.2, 0.25) is 5.56 Å². The zero-order valence-electron chi connectivity index (χ0n) is 18.7. The van der Waals surface area contributed by atoms with Crippen LogP contribution >= 0.6 is 0 Å². The minimum absolute atomic E-state index is 0.0892. The monoisotopic (exact) mass is 431 g/mol. The summed E-state index contributed by atoms with van der Waals surface area (Å²) in [6, 6.07) is 18.8. The van der Waals surface area contributed by atoms with Crippen molar-refractivity contribution >= 4 is 11.6 Å². The van der Waals surface area contributed by atoms with Gasteiger partial charge in [-0.25, -0.2) is 0 Å². The maximum atomic E-state index is 12.3. The maximum absolute atomic E-state index is 12.3. The highest BCUT2D eigenvalue weighted by Gasteiger charge is 2.21. The molecule has 1 unspecified atom stereocenters. The largest absolute Gasteiger partial charge is 0.411 e. The van der Waals surface area contributed by atoms with Crippen LogP contribution in [0.25, 0.3) is 0 Å². The van der Waals surface area contributed by atoms with Gasteiger partial charge in [0.1, 0.15) is 0 Å². The predicted molar refractivity (Wildman–Crippen MR) is 127 cm³/mol. The molecule has 1 amide bonds. The lowest BCUT2D eigenvalue weighted by molar-refractivity contribution is 0.0953. The van der Waals surface area contributed by atoms with E-state index in [1.807, 2.05) is 43.3 Å². The highest BCUT2D eigenvalue weighted by molar-refractivity contribution is 6.00. The molecule has 0 bridgehead atoms. The molecule has 0 aliphatic rings. The Kier molecular flexibility index (Phi) is 7.60. The molecule has 3 aromatic rings. The van der Waals surface area contributed by atoms with Gasteiger partial charge >= 0.3 is 0 Å². The van der Waals surface area contributed by atoms with Gasteiger partial charge in [-0.2, -0.15) is 0 Å². The molecule has 0 aliphatic carbocycles. The van der Waals surface area contributed by atoms with Crippen molar-refractivity contribution in [3.8, 4) is 0 Å². The van der Waals surface area contributed by atoms with Crippen LogP contribution in [0.1, 0.15) is 58.3 Å². The van der Waals surface area contributed by atoms with Crippen LogP contribution in [-0.2, 0) is 7.05 Å². The summed E-state index contributed by atoms with van der Waals surface area (Å²) in [5.41, 5.74) is 4.90. The number of benzene rings is 2. The van der Waals surface area contributed by atoms with E-state index in [0.29, 0.717) is 29.8 Å². The van der Waals surface area contributed by atoms with Crippen LogP contribution in [0.4, 0.5) is 0 Å². The van der Waals surface area contributed by atoms with Crippen molar-refractivity contribution in [2.75, 3.05) is 6.54 Å². The van der Waals surface area contributed by atoms with Crippen molar-refractivity contribution in [3.63, 3.8) is 0 Å². The number of nitrogens with one attached hydrogen (secondary N) is 1. The van der Waals surface area contributed by atoms with E-state index in [9.17, 15) is 14.8 Å². The summed E-state index contributed by atoms with van der Waals surface area (Å²) in [6.07, 6.45) is 2.99. The zero-order valence-corrected chi connectivity index (χ0v) is 18.7. The summed E-state index contributed by atoms with van der Waals surface area (Å²) in [6.45, 7) is 4.71. The van der Waals surface area contributed by atoms with Gasteiger partial charge < -0.3 is 15.1 Å². The number of rotatable bonds is 8. The van der Waals surface area contributed by atoms with Crippen molar-refractivity contribution in [1.29, 1.82) is 0 Å². The second-order valence-electron chi connectivity index (χ2n) is 7.90. The maximum Gasteiger partial charge on any atom is 0.251 e. The van der Waals surface area contributed by atoms with E-state index in [4.69, 9.17) is 0 Å². The Labute approximate surface area is 188 Å². The quantitative estimate of drug-likeness (QED) is 0.318. The molecule has 3 rings (SSSR count). The first kappa shape index (κ1) is 23.0. The number of amides is 1. The van der Waals surface area contributed by atoms with E-state index in [1.54, 1.807) is 19.3 Å². The molecule has 166 valence electrons. The van der Waals surface area contributed by atoms with Crippen molar-refractivity contribution < 1.29 is 10.0 Å². The number of nitrogens with zero attached hydrogens (tertiary/aromatic N) is 2. The lowest BCUT2D eigenvalue weighted by Crippen LogP contribution is -2.24. The topological polar surface area (TPSA) is 83.7 Å². The first-order valence-corrected chi connectivity index (χ1v) is 10.8. The molecule has 1 aromatic heterocycles. The molecule has 0 spiro atoms. The van der Waals surface area contributed by atoms with Gasteiger partial charge in [-0.05, 0) is 48.2 Å². The molecule has 32 heavy (non-hydrogen) atoms. The second kappa shape index (κ2) is 10.6. The van der Waals surface area contributed by atoms with Crippen molar-refractivity contribution in [3.05, 3.63) is 105 Å². The molecular weight excluding hydrogens is 402 g/mol. The minimum Gasteiger partial charge on any atom is -0.411 e. The number of carbonyl (C=O) groups excluding carboxylic acids is 1. The second-order valence-corrected chi connectivity index (χ2v) is 7.90. The van der Waals surface area contributed by atoms with Crippen LogP contribution in [0.2, 0.25) is 0 Å². The number of hydrogen-bond acceptors (Lipinski definition) is 4. The van der Waals surface area contributed by atoms with Crippen molar-refractivity contribution in [2.24, 2.45) is 12.2 Å². The van der Waals surface area contributed by atoms with Gasteiger partial charge in [0.05, 0.1) is 5.71 Å². The molecule has 0 radical (unpaired) electrons. The predicted octanol–water partition coefficient (Wildman–Crippen LogP) is 4.23. The Hall–Kier alpha value is -3.67. The standard InChI is InChI=1S/C26H29N3O3/c1-4-15-27-26(31)20-11-9-19(10-12-20)23(22-8-6-5-7-18(22)2)16-24(28-32)21-13-14-25(30)29(3)17-21/h5-14,17,23,32H,4,15-16H2,1-3H3,(H,27,31)/b28-24+. The normalized spacial score (nSPS) is 12.4. The third-order valence-electron chi connectivity index (χ3n) is 5.61. The van der Waals surface area contributed by atoms with Gasteiger partial charge in [-0.15, -0.1) is 0 Å². The molecule has 0 saturated carbocycles. The van der Waals surface area contributed by atoms with E-state index in [-0.39, 0.29) is 17.4 Å². The van der Waals surface area contributed by atoms with Crippen LogP contribution in [0.15, 0.2) is 76.8 Å². The zero-order chi connectivity index (χ0) is 23.1. The first-order chi connectivity index (χ1) is 15.4. The van der Waals surface area contributed by atoms with Crippen molar-refractivity contribution in [1.82, 2.24) is 9.88 Å². The molecular formula is C26H29N3O3. The van der Waals surface area contributed by atoms with Gasteiger partial charge in [0.25, 0.3) is 5.91 Å². The Morgan fingerprint density at radius 2 is 1.75 bits per heavy atom. The molecule has 2 N–H and O–H groups in total. The Balaban J connectivity index is 1.97. The number of oxime groups is 1. The fraction of sp³-hybridized carbons (Fsp3) is 0.269. The first-order valence-electron chi connectivity index (χ1n) is 10.8. The molecule has 1 heterocycles. The molecule has 1 atom stereocenters. The number of aryl methyl sites for hydroxylation is 2. The molecule has 6 heteroatoms. The Morgan fingerprint density at radius 1 is 1.06 bits per heavy atom.